The molecule has 0 saturated heterocycles. The van der Waals surface area contributed by atoms with Gasteiger partial charge in [-0.25, -0.2) is 0 Å². The lowest BCUT2D eigenvalue weighted by atomic mass is 9.87. The van der Waals surface area contributed by atoms with Crippen LogP contribution in [0.5, 0.6) is 11.5 Å². The lowest BCUT2D eigenvalue weighted by Crippen LogP contribution is -2.02. The number of ether oxygens (including phenoxy) is 2. The van der Waals surface area contributed by atoms with Crippen molar-refractivity contribution in [3.8, 4) is 11.5 Å². The fraction of sp³-hybridized carbons (Fsp3) is 0.185. The molecule has 0 radical (unpaired) electrons. The summed E-state index contributed by atoms with van der Waals surface area (Å²) in [5, 5.41) is 0. The molecule has 0 atom stereocenters. The van der Waals surface area contributed by atoms with Crippen LogP contribution < -0.4 is 9.47 Å². The molecule has 0 unspecified atom stereocenters. The van der Waals surface area contributed by atoms with E-state index in [-0.39, 0.29) is 11.9 Å². The van der Waals surface area contributed by atoms with Crippen LogP contribution in [-0.4, -0.2) is 11.9 Å². The van der Waals surface area contributed by atoms with Crippen molar-refractivity contribution in [2.24, 2.45) is 0 Å². The van der Waals surface area contributed by atoms with Crippen LogP contribution >= 0.6 is 0 Å². The molecule has 0 aliphatic heterocycles. The molecular formula is C27H26O4. The number of hydrogen-bond donors (Lipinski definition) is 0. The minimum atomic E-state index is -0.347. The summed E-state index contributed by atoms with van der Waals surface area (Å²) in [7, 11) is 0. The van der Waals surface area contributed by atoms with Crippen LogP contribution in [0.4, 0.5) is 0 Å². The highest BCUT2D eigenvalue weighted by Crippen LogP contribution is 2.36. The van der Waals surface area contributed by atoms with Gasteiger partial charge in [0, 0.05) is 13.8 Å². The second-order valence-corrected chi connectivity index (χ2v) is 7.21. The van der Waals surface area contributed by atoms with E-state index in [2.05, 4.69) is 19.1 Å². The van der Waals surface area contributed by atoms with E-state index in [9.17, 15) is 9.59 Å². The number of carbonyl (C=O) groups excluding carboxylic acids is 2. The standard InChI is InChI=1S/C27H26O4/c1-4-8-26(21-9-6-5-7-10-21)27(22-11-15-24(16-12-22)30-19(2)28)23-13-17-25(18-14-23)31-20(3)29/h5-7,9-18H,4,8H2,1-3H3. The van der Waals surface area contributed by atoms with Gasteiger partial charge in [-0.1, -0.05) is 67.9 Å². The highest BCUT2D eigenvalue weighted by molar-refractivity contribution is 5.98. The van der Waals surface area contributed by atoms with E-state index in [1.165, 1.54) is 19.4 Å². The first-order valence-corrected chi connectivity index (χ1v) is 10.3. The number of allylic oxidation sites excluding steroid dienone is 1. The maximum absolute atomic E-state index is 11.3. The van der Waals surface area contributed by atoms with E-state index in [4.69, 9.17) is 9.47 Å². The summed E-state index contributed by atoms with van der Waals surface area (Å²) in [6.45, 7) is 4.94. The zero-order valence-corrected chi connectivity index (χ0v) is 18.1. The Labute approximate surface area is 183 Å². The molecule has 4 heteroatoms. The van der Waals surface area contributed by atoms with Crippen molar-refractivity contribution in [1.29, 1.82) is 0 Å². The van der Waals surface area contributed by atoms with E-state index in [0.29, 0.717) is 11.5 Å². The van der Waals surface area contributed by atoms with E-state index < -0.39 is 0 Å². The number of esters is 2. The minimum Gasteiger partial charge on any atom is -0.427 e. The molecule has 158 valence electrons. The Balaban J connectivity index is 2.15. The maximum atomic E-state index is 11.3. The molecule has 4 nitrogen and oxygen atoms in total. The molecule has 0 saturated carbocycles. The first-order valence-electron chi connectivity index (χ1n) is 10.3. The Kier molecular flexibility index (Phi) is 7.39. The van der Waals surface area contributed by atoms with Gasteiger partial charge in [-0.2, -0.15) is 0 Å². The molecule has 0 fully saturated rings. The van der Waals surface area contributed by atoms with Crippen molar-refractivity contribution in [2.75, 3.05) is 0 Å². The zero-order chi connectivity index (χ0) is 22.2. The first kappa shape index (κ1) is 22.0. The second kappa shape index (κ2) is 10.4. The predicted octanol–water partition coefficient (Wildman–Crippen LogP) is 6.30. The van der Waals surface area contributed by atoms with Crippen LogP contribution in [0.15, 0.2) is 78.9 Å². The van der Waals surface area contributed by atoms with Crippen LogP contribution in [0, 0.1) is 0 Å². The van der Waals surface area contributed by atoms with Crippen molar-refractivity contribution >= 4 is 23.1 Å². The van der Waals surface area contributed by atoms with Crippen LogP contribution in [0.3, 0.4) is 0 Å². The van der Waals surface area contributed by atoms with Gasteiger partial charge >= 0.3 is 11.9 Å². The summed E-state index contributed by atoms with van der Waals surface area (Å²) < 4.78 is 10.4. The van der Waals surface area contributed by atoms with Gasteiger partial charge in [0.2, 0.25) is 0 Å². The first-order chi connectivity index (χ1) is 15.0. The van der Waals surface area contributed by atoms with E-state index in [0.717, 1.165) is 35.1 Å². The third-order valence-electron chi connectivity index (χ3n) is 4.73. The fourth-order valence-corrected chi connectivity index (χ4v) is 3.53. The average molecular weight is 415 g/mol. The van der Waals surface area contributed by atoms with Gasteiger partial charge < -0.3 is 9.47 Å². The van der Waals surface area contributed by atoms with Crippen LogP contribution in [-0.2, 0) is 9.59 Å². The van der Waals surface area contributed by atoms with E-state index in [1.807, 2.05) is 42.5 Å². The number of benzene rings is 3. The molecular weight excluding hydrogens is 388 g/mol. The Morgan fingerprint density at radius 3 is 1.48 bits per heavy atom. The van der Waals surface area contributed by atoms with Crippen molar-refractivity contribution in [2.45, 2.75) is 33.6 Å². The topological polar surface area (TPSA) is 52.6 Å². The normalized spacial score (nSPS) is 10.3. The van der Waals surface area contributed by atoms with Crippen LogP contribution in [0.25, 0.3) is 11.1 Å². The Hall–Kier alpha value is -3.66. The summed E-state index contributed by atoms with van der Waals surface area (Å²) in [6, 6.07) is 25.4. The quantitative estimate of drug-likeness (QED) is 0.259. The number of carbonyl (C=O) groups is 2. The number of rotatable bonds is 7. The number of hydrogen-bond acceptors (Lipinski definition) is 4. The van der Waals surface area contributed by atoms with Gasteiger partial charge in [0.05, 0.1) is 0 Å². The molecule has 31 heavy (non-hydrogen) atoms. The average Bonchev–Trinajstić information content (AvgIpc) is 2.75. The van der Waals surface area contributed by atoms with E-state index in [1.54, 1.807) is 24.3 Å². The molecule has 0 amide bonds. The minimum absolute atomic E-state index is 0.347. The van der Waals surface area contributed by atoms with Crippen molar-refractivity contribution in [1.82, 2.24) is 0 Å². The van der Waals surface area contributed by atoms with Crippen LogP contribution in [0.1, 0.15) is 50.3 Å². The Morgan fingerprint density at radius 1 is 0.645 bits per heavy atom. The lowest BCUT2D eigenvalue weighted by molar-refractivity contribution is -0.132. The predicted molar refractivity (Wildman–Crippen MR) is 123 cm³/mol. The van der Waals surface area contributed by atoms with Crippen molar-refractivity contribution < 1.29 is 19.1 Å². The van der Waals surface area contributed by atoms with Gasteiger partial charge in [0.15, 0.2) is 0 Å². The molecule has 0 heterocycles. The summed E-state index contributed by atoms with van der Waals surface area (Å²) in [6.07, 6.45) is 1.89. The molecule has 0 aliphatic carbocycles. The Morgan fingerprint density at radius 2 is 1.10 bits per heavy atom. The van der Waals surface area contributed by atoms with Gasteiger partial charge in [-0.05, 0) is 58.5 Å². The van der Waals surface area contributed by atoms with Gasteiger partial charge in [0.1, 0.15) is 11.5 Å². The molecule has 3 rings (SSSR count). The fourth-order valence-electron chi connectivity index (χ4n) is 3.53. The molecule has 0 N–H and O–H groups in total. The van der Waals surface area contributed by atoms with Crippen molar-refractivity contribution in [3.63, 3.8) is 0 Å². The second-order valence-electron chi connectivity index (χ2n) is 7.21. The molecule has 3 aromatic carbocycles. The van der Waals surface area contributed by atoms with Gasteiger partial charge in [-0.15, -0.1) is 0 Å². The highest BCUT2D eigenvalue weighted by atomic mass is 16.5. The highest BCUT2D eigenvalue weighted by Gasteiger charge is 2.14. The largest absolute Gasteiger partial charge is 0.427 e. The smallest absolute Gasteiger partial charge is 0.308 e. The molecule has 3 aromatic rings. The third kappa shape index (κ3) is 5.92. The summed E-state index contributed by atoms with van der Waals surface area (Å²) in [5.41, 5.74) is 5.51. The third-order valence-corrected chi connectivity index (χ3v) is 4.73. The van der Waals surface area contributed by atoms with Gasteiger partial charge in [-0.3, -0.25) is 9.59 Å². The van der Waals surface area contributed by atoms with Crippen LogP contribution in [0.2, 0.25) is 0 Å². The van der Waals surface area contributed by atoms with E-state index >= 15 is 0 Å². The SMILES string of the molecule is CCCC(=C(c1ccc(OC(C)=O)cc1)c1ccc(OC(C)=O)cc1)c1ccccc1. The summed E-state index contributed by atoms with van der Waals surface area (Å²) in [5.74, 6) is 0.330. The zero-order valence-electron chi connectivity index (χ0n) is 18.1. The summed E-state index contributed by atoms with van der Waals surface area (Å²) in [4.78, 5) is 22.5. The lowest BCUT2D eigenvalue weighted by Gasteiger charge is -2.18. The molecule has 0 aromatic heterocycles. The maximum Gasteiger partial charge on any atom is 0.308 e. The Bertz CT molecular complexity index is 1000. The van der Waals surface area contributed by atoms with Gasteiger partial charge in [0.25, 0.3) is 0 Å². The molecule has 0 aliphatic rings. The van der Waals surface area contributed by atoms with Crippen molar-refractivity contribution in [3.05, 3.63) is 95.6 Å². The molecule has 0 spiro atoms. The summed E-state index contributed by atoms with van der Waals surface area (Å²) >= 11 is 0. The monoisotopic (exact) mass is 414 g/mol. The molecule has 0 bridgehead atoms.